The molecule has 0 spiro atoms. The standard InChI is InChI=1S/C21H23N5OS/c1-15-7-8-18(16(2)12-15)26-20(17-6-5-9-22-13-17)23-24-21(26)28-14-19(27)25-10-3-4-11-25/h5-9,12-13H,3-4,10-11,14H2,1-2H3. The minimum absolute atomic E-state index is 0.167. The van der Waals surface area contributed by atoms with Crippen molar-refractivity contribution in [1.29, 1.82) is 0 Å². The van der Waals surface area contributed by atoms with Crippen molar-refractivity contribution in [3.8, 4) is 17.1 Å². The normalized spacial score (nSPS) is 13.9. The Labute approximate surface area is 169 Å². The van der Waals surface area contributed by atoms with Crippen molar-refractivity contribution in [2.75, 3.05) is 18.8 Å². The van der Waals surface area contributed by atoms with Crippen LogP contribution in [0.5, 0.6) is 0 Å². The van der Waals surface area contributed by atoms with Gasteiger partial charge < -0.3 is 4.90 Å². The number of hydrogen-bond donors (Lipinski definition) is 0. The molecule has 0 atom stereocenters. The zero-order chi connectivity index (χ0) is 19.5. The monoisotopic (exact) mass is 393 g/mol. The molecule has 3 aromatic rings. The first kappa shape index (κ1) is 18.7. The van der Waals surface area contributed by atoms with Crippen molar-refractivity contribution in [3.63, 3.8) is 0 Å². The number of hydrogen-bond acceptors (Lipinski definition) is 5. The number of carbonyl (C=O) groups excluding carboxylic acids is 1. The zero-order valence-corrected chi connectivity index (χ0v) is 16.9. The highest BCUT2D eigenvalue weighted by Crippen LogP contribution is 2.29. The molecular formula is C21H23N5OS. The van der Waals surface area contributed by atoms with E-state index in [1.54, 1.807) is 12.4 Å². The van der Waals surface area contributed by atoms with E-state index in [2.05, 4.69) is 47.2 Å². The van der Waals surface area contributed by atoms with Crippen LogP contribution in [0, 0.1) is 13.8 Å². The smallest absolute Gasteiger partial charge is 0.233 e. The number of rotatable bonds is 5. The van der Waals surface area contributed by atoms with E-state index in [1.165, 1.54) is 17.3 Å². The van der Waals surface area contributed by atoms with Gasteiger partial charge in [0.25, 0.3) is 0 Å². The Kier molecular flexibility index (Phi) is 5.43. The van der Waals surface area contributed by atoms with Crippen LogP contribution in [0.25, 0.3) is 17.1 Å². The SMILES string of the molecule is Cc1ccc(-n2c(SCC(=O)N3CCCC3)nnc2-c2cccnc2)c(C)c1. The number of amides is 1. The van der Waals surface area contributed by atoms with Crippen molar-refractivity contribution >= 4 is 17.7 Å². The second-order valence-corrected chi connectivity index (χ2v) is 7.99. The fraction of sp³-hybridized carbons (Fsp3) is 0.333. The lowest BCUT2D eigenvalue weighted by molar-refractivity contribution is -0.127. The van der Waals surface area contributed by atoms with Crippen LogP contribution in [-0.4, -0.2) is 49.4 Å². The van der Waals surface area contributed by atoms with Crippen molar-refractivity contribution in [2.45, 2.75) is 31.8 Å². The maximum Gasteiger partial charge on any atom is 0.233 e. The number of thioether (sulfide) groups is 1. The molecule has 28 heavy (non-hydrogen) atoms. The van der Waals surface area contributed by atoms with Crippen LogP contribution in [0.3, 0.4) is 0 Å². The van der Waals surface area contributed by atoms with E-state index < -0.39 is 0 Å². The topological polar surface area (TPSA) is 63.9 Å². The Morgan fingerprint density at radius 3 is 2.68 bits per heavy atom. The van der Waals surface area contributed by atoms with E-state index in [1.807, 2.05) is 21.6 Å². The van der Waals surface area contributed by atoms with Gasteiger partial charge in [-0.2, -0.15) is 0 Å². The van der Waals surface area contributed by atoms with Gasteiger partial charge in [0.05, 0.1) is 11.4 Å². The molecular weight excluding hydrogens is 370 g/mol. The molecule has 0 saturated carbocycles. The van der Waals surface area contributed by atoms with E-state index in [9.17, 15) is 4.79 Å². The Bertz CT molecular complexity index is 980. The largest absolute Gasteiger partial charge is 0.342 e. The highest BCUT2D eigenvalue weighted by molar-refractivity contribution is 7.99. The van der Waals surface area contributed by atoms with Crippen LogP contribution in [0.4, 0.5) is 0 Å². The van der Waals surface area contributed by atoms with Gasteiger partial charge in [0, 0.05) is 31.0 Å². The molecule has 0 unspecified atom stereocenters. The minimum Gasteiger partial charge on any atom is -0.342 e. The van der Waals surface area contributed by atoms with Crippen LogP contribution in [0.1, 0.15) is 24.0 Å². The van der Waals surface area contributed by atoms with E-state index >= 15 is 0 Å². The van der Waals surface area contributed by atoms with Gasteiger partial charge in [-0.05, 0) is 50.5 Å². The third kappa shape index (κ3) is 3.80. The van der Waals surface area contributed by atoms with Crippen molar-refractivity contribution in [3.05, 3.63) is 53.9 Å². The molecule has 4 rings (SSSR count). The number of aryl methyl sites for hydroxylation is 2. The van der Waals surface area contributed by atoms with Gasteiger partial charge in [-0.15, -0.1) is 10.2 Å². The number of nitrogens with zero attached hydrogens (tertiary/aromatic N) is 5. The molecule has 1 amide bonds. The average molecular weight is 394 g/mol. The molecule has 0 bridgehead atoms. The van der Waals surface area contributed by atoms with Crippen LogP contribution >= 0.6 is 11.8 Å². The Hall–Kier alpha value is -2.67. The summed E-state index contributed by atoms with van der Waals surface area (Å²) in [4.78, 5) is 18.6. The predicted molar refractivity (Wildman–Crippen MR) is 111 cm³/mol. The van der Waals surface area contributed by atoms with Gasteiger partial charge in [-0.1, -0.05) is 29.5 Å². The van der Waals surface area contributed by atoms with E-state index in [4.69, 9.17) is 0 Å². The van der Waals surface area contributed by atoms with Gasteiger partial charge in [0.15, 0.2) is 11.0 Å². The van der Waals surface area contributed by atoms with Gasteiger partial charge in [-0.25, -0.2) is 0 Å². The summed E-state index contributed by atoms with van der Waals surface area (Å²) in [6.45, 7) is 5.89. The molecule has 6 nitrogen and oxygen atoms in total. The number of likely N-dealkylation sites (tertiary alicyclic amines) is 1. The molecule has 1 aromatic carbocycles. The highest BCUT2D eigenvalue weighted by Gasteiger charge is 2.22. The molecule has 1 fully saturated rings. The summed E-state index contributed by atoms with van der Waals surface area (Å²) < 4.78 is 2.04. The van der Waals surface area contributed by atoms with E-state index in [0.717, 1.165) is 53.7 Å². The molecule has 1 aliphatic rings. The van der Waals surface area contributed by atoms with Crippen LogP contribution in [-0.2, 0) is 4.79 Å². The number of carbonyl (C=O) groups is 1. The summed E-state index contributed by atoms with van der Waals surface area (Å²) in [5.41, 5.74) is 4.26. The molecule has 1 aliphatic heterocycles. The fourth-order valence-corrected chi connectivity index (χ4v) is 4.35. The molecule has 2 aromatic heterocycles. The zero-order valence-electron chi connectivity index (χ0n) is 16.1. The van der Waals surface area contributed by atoms with Crippen LogP contribution in [0.15, 0.2) is 47.9 Å². The maximum atomic E-state index is 12.5. The minimum atomic E-state index is 0.167. The van der Waals surface area contributed by atoms with E-state index in [-0.39, 0.29) is 5.91 Å². The average Bonchev–Trinajstić information content (AvgIpc) is 3.37. The second-order valence-electron chi connectivity index (χ2n) is 7.05. The summed E-state index contributed by atoms with van der Waals surface area (Å²) in [6.07, 6.45) is 5.72. The fourth-order valence-electron chi connectivity index (χ4n) is 3.50. The molecule has 0 N–H and O–H groups in total. The lowest BCUT2D eigenvalue weighted by Crippen LogP contribution is -2.29. The molecule has 0 radical (unpaired) electrons. The lowest BCUT2D eigenvalue weighted by Gasteiger charge is -2.16. The molecule has 0 aliphatic carbocycles. The first-order chi connectivity index (χ1) is 13.6. The van der Waals surface area contributed by atoms with Crippen molar-refractivity contribution < 1.29 is 4.79 Å². The second kappa shape index (κ2) is 8.14. The molecule has 1 saturated heterocycles. The first-order valence-electron chi connectivity index (χ1n) is 9.47. The Morgan fingerprint density at radius 1 is 1.14 bits per heavy atom. The Balaban J connectivity index is 1.70. The van der Waals surface area contributed by atoms with Crippen LogP contribution in [0.2, 0.25) is 0 Å². The summed E-state index contributed by atoms with van der Waals surface area (Å²) >= 11 is 1.44. The molecule has 3 heterocycles. The quantitative estimate of drug-likeness (QED) is 0.619. The van der Waals surface area contributed by atoms with Crippen molar-refractivity contribution in [1.82, 2.24) is 24.6 Å². The van der Waals surface area contributed by atoms with Gasteiger partial charge in [0.2, 0.25) is 5.91 Å². The third-order valence-corrected chi connectivity index (χ3v) is 5.84. The summed E-state index contributed by atoms with van der Waals surface area (Å²) in [5, 5.41) is 9.56. The number of pyridine rings is 1. The summed E-state index contributed by atoms with van der Waals surface area (Å²) in [5.74, 6) is 1.27. The van der Waals surface area contributed by atoms with E-state index in [0.29, 0.717) is 5.75 Å². The Morgan fingerprint density at radius 2 is 1.96 bits per heavy atom. The highest BCUT2D eigenvalue weighted by atomic mass is 32.2. The molecule has 144 valence electrons. The summed E-state index contributed by atoms with van der Waals surface area (Å²) in [7, 11) is 0. The van der Waals surface area contributed by atoms with Gasteiger partial charge in [0.1, 0.15) is 0 Å². The predicted octanol–water partition coefficient (Wildman–Crippen LogP) is 3.66. The lowest BCUT2D eigenvalue weighted by atomic mass is 10.1. The first-order valence-corrected chi connectivity index (χ1v) is 10.5. The third-order valence-electron chi connectivity index (χ3n) is 4.93. The summed E-state index contributed by atoms with van der Waals surface area (Å²) in [6, 6.07) is 10.2. The van der Waals surface area contributed by atoms with Crippen molar-refractivity contribution in [2.24, 2.45) is 0 Å². The van der Waals surface area contributed by atoms with Crippen LogP contribution < -0.4 is 0 Å². The number of benzene rings is 1. The maximum absolute atomic E-state index is 12.5. The molecule has 7 heteroatoms. The number of aromatic nitrogens is 4. The van der Waals surface area contributed by atoms with Gasteiger partial charge >= 0.3 is 0 Å². The van der Waals surface area contributed by atoms with Gasteiger partial charge in [-0.3, -0.25) is 14.3 Å².